The number of aryl methyl sites for hydroxylation is 1. The highest BCUT2D eigenvalue weighted by Gasteiger charge is 2.24. The molecule has 3 rings (SSSR count). The van der Waals surface area contributed by atoms with Gasteiger partial charge in [-0.15, -0.1) is 0 Å². The van der Waals surface area contributed by atoms with Crippen LogP contribution in [0.25, 0.3) is 0 Å². The van der Waals surface area contributed by atoms with Crippen molar-refractivity contribution in [3.8, 4) is 11.5 Å². The van der Waals surface area contributed by atoms with Gasteiger partial charge in [-0.1, -0.05) is 30.3 Å². The average molecular weight is 453 g/mol. The lowest BCUT2D eigenvalue weighted by Crippen LogP contribution is -2.20. The van der Waals surface area contributed by atoms with E-state index in [1.807, 2.05) is 37.3 Å². The second-order valence-electron chi connectivity index (χ2n) is 8.23. The van der Waals surface area contributed by atoms with Crippen molar-refractivity contribution in [3.05, 3.63) is 77.1 Å². The molecule has 0 radical (unpaired) electrons. The molecule has 2 aromatic carbocycles. The van der Waals surface area contributed by atoms with Crippen molar-refractivity contribution in [2.75, 3.05) is 14.2 Å². The monoisotopic (exact) mass is 452 g/mol. The van der Waals surface area contributed by atoms with E-state index in [1.54, 1.807) is 31.2 Å². The summed E-state index contributed by atoms with van der Waals surface area (Å²) in [6.45, 7) is 2.38. The summed E-state index contributed by atoms with van der Waals surface area (Å²) in [5.41, 5.74) is 3.35. The number of aliphatic hydroxyl groups excluding tert-OH is 1. The van der Waals surface area contributed by atoms with Crippen LogP contribution in [-0.2, 0) is 24.2 Å². The van der Waals surface area contributed by atoms with Gasteiger partial charge in [-0.3, -0.25) is 9.48 Å². The number of ether oxygens (including phenoxy) is 2. The van der Waals surface area contributed by atoms with Crippen LogP contribution < -0.4 is 9.47 Å². The van der Waals surface area contributed by atoms with Gasteiger partial charge in [-0.05, 0) is 55.5 Å². The number of hydrogen-bond donors (Lipinski definition) is 2. The lowest BCUT2D eigenvalue weighted by molar-refractivity contribution is -0.136. The Morgan fingerprint density at radius 1 is 1.09 bits per heavy atom. The Morgan fingerprint density at radius 2 is 1.76 bits per heavy atom. The molecule has 0 aliphatic carbocycles. The highest BCUT2D eigenvalue weighted by atomic mass is 16.5. The van der Waals surface area contributed by atoms with E-state index in [0.717, 1.165) is 30.4 Å². The van der Waals surface area contributed by atoms with Crippen LogP contribution in [0.1, 0.15) is 41.3 Å². The van der Waals surface area contributed by atoms with E-state index in [0.29, 0.717) is 23.7 Å². The molecule has 1 unspecified atom stereocenters. The fourth-order valence-electron chi connectivity index (χ4n) is 4.11. The third-order valence-corrected chi connectivity index (χ3v) is 5.90. The van der Waals surface area contributed by atoms with Gasteiger partial charge < -0.3 is 19.7 Å². The molecule has 1 aromatic heterocycles. The highest BCUT2D eigenvalue weighted by Crippen LogP contribution is 2.36. The van der Waals surface area contributed by atoms with E-state index in [2.05, 4.69) is 17.2 Å². The average Bonchev–Trinajstić information content (AvgIpc) is 3.24. The van der Waals surface area contributed by atoms with E-state index < -0.39 is 12.1 Å². The molecule has 0 fully saturated rings. The van der Waals surface area contributed by atoms with Crippen LogP contribution in [0, 0.1) is 12.8 Å². The van der Waals surface area contributed by atoms with Crippen LogP contribution >= 0.6 is 0 Å². The van der Waals surface area contributed by atoms with Gasteiger partial charge in [-0.2, -0.15) is 5.10 Å². The van der Waals surface area contributed by atoms with Crippen LogP contribution in [0.3, 0.4) is 0 Å². The predicted octanol–water partition coefficient (Wildman–Crippen LogP) is 4.21. The zero-order chi connectivity index (χ0) is 23.8. The molecule has 1 heterocycles. The molecule has 0 saturated carbocycles. The quantitative estimate of drug-likeness (QED) is 0.428. The molecule has 0 amide bonds. The van der Waals surface area contributed by atoms with E-state index in [9.17, 15) is 9.90 Å². The molecule has 0 bridgehead atoms. The van der Waals surface area contributed by atoms with Crippen LogP contribution in [0.15, 0.2) is 54.7 Å². The first-order valence-electron chi connectivity index (χ1n) is 11.1. The highest BCUT2D eigenvalue weighted by molar-refractivity contribution is 5.69. The largest absolute Gasteiger partial charge is 0.496 e. The van der Waals surface area contributed by atoms with Crippen molar-refractivity contribution in [1.29, 1.82) is 0 Å². The minimum Gasteiger partial charge on any atom is -0.496 e. The summed E-state index contributed by atoms with van der Waals surface area (Å²) >= 11 is 0. The van der Waals surface area contributed by atoms with Crippen molar-refractivity contribution >= 4 is 5.97 Å². The summed E-state index contributed by atoms with van der Waals surface area (Å²) in [7, 11) is 3.20. The standard InChI is InChI=1S/C26H32N2O5/c1-18-23(32-2)14-21(15-24(18)33-3)26(31)20(11-7-10-19-8-5-4-6-9-19)17-28-13-12-22(27-28)16-25(29)30/h4-6,8-9,12-15,20,26,31H,7,10-11,16-17H2,1-3H3,(H,29,30)/t20-,26?/m1/s1. The third-order valence-electron chi connectivity index (χ3n) is 5.90. The molecule has 3 aromatic rings. The first-order chi connectivity index (χ1) is 15.9. The van der Waals surface area contributed by atoms with Gasteiger partial charge >= 0.3 is 5.97 Å². The van der Waals surface area contributed by atoms with Crippen LogP contribution in [-0.4, -0.2) is 40.2 Å². The Kier molecular flexibility index (Phi) is 8.49. The predicted molar refractivity (Wildman–Crippen MR) is 126 cm³/mol. The number of benzene rings is 2. The Bertz CT molecular complexity index is 1020. The van der Waals surface area contributed by atoms with Gasteiger partial charge in [0.2, 0.25) is 0 Å². The van der Waals surface area contributed by atoms with Gasteiger partial charge in [0.25, 0.3) is 0 Å². The van der Waals surface area contributed by atoms with Gasteiger partial charge in [0.1, 0.15) is 11.5 Å². The van der Waals surface area contributed by atoms with Crippen molar-refractivity contribution in [3.63, 3.8) is 0 Å². The number of nitrogens with zero attached hydrogens (tertiary/aromatic N) is 2. The Morgan fingerprint density at radius 3 is 2.36 bits per heavy atom. The second kappa shape index (κ2) is 11.5. The van der Waals surface area contributed by atoms with Crippen molar-refractivity contribution in [2.24, 2.45) is 5.92 Å². The summed E-state index contributed by atoms with van der Waals surface area (Å²) in [6, 6.07) is 15.7. The molecule has 0 aliphatic rings. The molecule has 0 aliphatic heterocycles. The molecule has 0 spiro atoms. The fourth-order valence-corrected chi connectivity index (χ4v) is 4.11. The molecule has 7 nitrogen and oxygen atoms in total. The van der Waals surface area contributed by atoms with Gasteiger partial charge in [0.05, 0.1) is 32.4 Å². The maximum absolute atomic E-state index is 11.4. The van der Waals surface area contributed by atoms with E-state index >= 15 is 0 Å². The zero-order valence-corrected chi connectivity index (χ0v) is 19.4. The molecular formula is C26H32N2O5. The van der Waals surface area contributed by atoms with Gasteiger partial charge in [0, 0.05) is 24.2 Å². The molecule has 7 heteroatoms. The van der Waals surface area contributed by atoms with E-state index in [4.69, 9.17) is 14.6 Å². The van der Waals surface area contributed by atoms with Crippen LogP contribution in [0.2, 0.25) is 0 Å². The minimum absolute atomic E-state index is 0.124. The van der Waals surface area contributed by atoms with Gasteiger partial charge in [-0.25, -0.2) is 0 Å². The molecule has 0 saturated heterocycles. The van der Waals surface area contributed by atoms with Gasteiger partial charge in [0.15, 0.2) is 0 Å². The summed E-state index contributed by atoms with van der Waals surface area (Å²) in [5, 5.41) is 24.8. The SMILES string of the molecule is COc1cc(C(O)[C@H](CCCc2ccccc2)Cn2ccc(CC(=O)O)n2)cc(OC)c1C. The Labute approximate surface area is 194 Å². The molecule has 176 valence electrons. The summed E-state index contributed by atoms with van der Waals surface area (Å²) in [4.78, 5) is 11.0. The zero-order valence-electron chi connectivity index (χ0n) is 19.4. The summed E-state index contributed by atoms with van der Waals surface area (Å²) in [6.07, 6.45) is 3.45. The van der Waals surface area contributed by atoms with E-state index in [-0.39, 0.29) is 12.3 Å². The summed E-state index contributed by atoms with van der Waals surface area (Å²) < 4.78 is 12.7. The topological polar surface area (TPSA) is 93.8 Å². The fraction of sp³-hybridized carbons (Fsp3) is 0.385. The van der Waals surface area contributed by atoms with Crippen molar-refractivity contribution < 1.29 is 24.5 Å². The van der Waals surface area contributed by atoms with Crippen molar-refractivity contribution in [1.82, 2.24) is 9.78 Å². The number of methoxy groups -OCH3 is 2. The Balaban J connectivity index is 1.81. The number of aliphatic carboxylic acids is 1. The lowest BCUT2D eigenvalue weighted by atomic mass is 9.89. The first-order valence-corrected chi connectivity index (χ1v) is 11.1. The molecular weight excluding hydrogens is 420 g/mol. The van der Waals surface area contributed by atoms with E-state index in [1.165, 1.54) is 5.56 Å². The Hall–Kier alpha value is -3.32. The maximum Gasteiger partial charge on any atom is 0.309 e. The third kappa shape index (κ3) is 6.58. The first kappa shape index (κ1) is 24.3. The number of rotatable bonds is 12. The summed E-state index contributed by atoms with van der Waals surface area (Å²) in [5.74, 6) is 0.269. The number of aromatic nitrogens is 2. The maximum atomic E-state index is 11.4. The number of carboxylic acid groups (broad SMARTS) is 1. The van der Waals surface area contributed by atoms with Crippen LogP contribution in [0.5, 0.6) is 11.5 Å². The van der Waals surface area contributed by atoms with Crippen molar-refractivity contribution in [2.45, 2.75) is 45.3 Å². The minimum atomic E-state index is -0.918. The lowest BCUT2D eigenvalue weighted by Gasteiger charge is -2.25. The molecule has 2 atom stereocenters. The van der Waals surface area contributed by atoms with Crippen LogP contribution in [0.4, 0.5) is 0 Å². The normalized spacial score (nSPS) is 12.8. The molecule has 2 N–H and O–H groups in total. The second-order valence-corrected chi connectivity index (χ2v) is 8.23. The number of carbonyl (C=O) groups is 1. The molecule has 33 heavy (non-hydrogen) atoms. The number of carboxylic acids is 1. The number of aliphatic hydroxyl groups is 1. The number of hydrogen-bond acceptors (Lipinski definition) is 5. The smallest absolute Gasteiger partial charge is 0.309 e.